The van der Waals surface area contributed by atoms with E-state index in [1.54, 1.807) is 13.8 Å². The largest absolute Gasteiger partial charge is 0.507 e. The van der Waals surface area contributed by atoms with Crippen LogP contribution in [0.2, 0.25) is 0 Å². The van der Waals surface area contributed by atoms with E-state index in [0.717, 1.165) is 18.6 Å². The van der Waals surface area contributed by atoms with Crippen LogP contribution in [0.5, 0.6) is 11.5 Å². The Morgan fingerprint density at radius 3 is 2.38 bits per heavy atom. The van der Waals surface area contributed by atoms with Crippen LogP contribution in [0.15, 0.2) is 30.4 Å². The maximum absolute atomic E-state index is 12.4. The number of unbranched alkanes of at least 4 members (excludes halogenated alkanes) is 1. The fraction of sp³-hybridized carbons (Fsp3) is 0.409. The lowest BCUT2D eigenvalue weighted by Crippen LogP contribution is -2.18. The number of esters is 1. The van der Waals surface area contributed by atoms with Crippen molar-refractivity contribution in [3.05, 3.63) is 47.1 Å². The van der Waals surface area contributed by atoms with Crippen LogP contribution in [0.3, 0.4) is 0 Å². The maximum atomic E-state index is 12.4. The minimum Gasteiger partial charge on any atom is -0.507 e. The predicted octanol–water partition coefficient (Wildman–Crippen LogP) is 3.44. The summed E-state index contributed by atoms with van der Waals surface area (Å²) >= 11 is 0. The Morgan fingerprint density at radius 1 is 1.21 bits per heavy atom. The number of hydrogen-bond donors (Lipinski definition) is 2. The number of aliphatic hydroxyl groups is 1. The molecule has 0 radical (unpaired) electrons. The molecule has 29 heavy (non-hydrogen) atoms. The number of fused-ring (bicyclic) bond motifs is 1. The van der Waals surface area contributed by atoms with E-state index in [1.807, 2.05) is 6.92 Å². The van der Waals surface area contributed by atoms with E-state index in [-0.39, 0.29) is 28.9 Å². The van der Waals surface area contributed by atoms with Crippen molar-refractivity contribution in [1.82, 2.24) is 0 Å². The van der Waals surface area contributed by atoms with Crippen LogP contribution in [-0.2, 0) is 9.53 Å². The summed E-state index contributed by atoms with van der Waals surface area (Å²) in [6.45, 7) is 5.02. The van der Waals surface area contributed by atoms with Gasteiger partial charge in [0.2, 0.25) is 0 Å². The lowest BCUT2D eigenvalue weighted by molar-refractivity contribution is -0.147. The fourth-order valence-corrected chi connectivity index (χ4v) is 2.90. The van der Waals surface area contributed by atoms with E-state index < -0.39 is 35.0 Å². The van der Waals surface area contributed by atoms with Crippen molar-refractivity contribution < 1.29 is 34.1 Å². The number of aromatic hydroxyl groups is 1. The highest BCUT2D eigenvalue weighted by Gasteiger charge is 2.31. The van der Waals surface area contributed by atoms with Crippen molar-refractivity contribution in [2.45, 2.75) is 51.7 Å². The van der Waals surface area contributed by atoms with E-state index in [4.69, 9.17) is 9.47 Å². The molecule has 0 spiro atoms. The minimum atomic E-state index is -1.20. The average Bonchev–Trinajstić information content (AvgIpc) is 2.65. The topological polar surface area (TPSA) is 110 Å². The third-order valence-corrected chi connectivity index (χ3v) is 4.37. The van der Waals surface area contributed by atoms with Crippen molar-refractivity contribution in [2.24, 2.45) is 0 Å². The molecule has 0 amide bonds. The molecule has 2 rings (SSSR count). The van der Waals surface area contributed by atoms with Crippen molar-refractivity contribution >= 4 is 17.5 Å². The second-order valence-corrected chi connectivity index (χ2v) is 7.36. The Kier molecular flexibility index (Phi) is 6.97. The van der Waals surface area contributed by atoms with Gasteiger partial charge >= 0.3 is 5.97 Å². The van der Waals surface area contributed by atoms with Gasteiger partial charge in [0.15, 0.2) is 11.6 Å². The molecule has 2 N–H and O–H groups in total. The van der Waals surface area contributed by atoms with Crippen LogP contribution in [0.1, 0.15) is 72.4 Å². The van der Waals surface area contributed by atoms with Crippen LogP contribution in [0.25, 0.3) is 0 Å². The zero-order chi connectivity index (χ0) is 21.8. The van der Waals surface area contributed by atoms with Gasteiger partial charge in [-0.2, -0.15) is 0 Å². The summed E-state index contributed by atoms with van der Waals surface area (Å²) in [5, 5.41) is 20.8. The second kappa shape index (κ2) is 9.05. The van der Waals surface area contributed by atoms with Crippen LogP contribution in [0, 0.1) is 0 Å². The number of carbonyl (C=O) groups is 3. The Labute approximate surface area is 169 Å². The number of benzene rings is 1. The van der Waals surface area contributed by atoms with Crippen LogP contribution < -0.4 is 4.74 Å². The molecule has 1 aromatic carbocycles. The number of rotatable bonds is 8. The Morgan fingerprint density at radius 2 is 1.83 bits per heavy atom. The highest BCUT2D eigenvalue weighted by molar-refractivity contribution is 6.24. The number of allylic oxidation sites excluding steroid dienone is 2. The molecule has 156 valence electrons. The van der Waals surface area contributed by atoms with E-state index in [9.17, 15) is 24.6 Å². The SMILES string of the molecule is CCCCC(=O)OC(/C=C/C(C)(C)O)c1cc(OC)c2c(c1O)C(=O)C=CC2=O. The van der Waals surface area contributed by atoms with E-state index in [2.05, 4.69) is 0 Å². The number of phenols is 1. The molecule has 0 heterocycles. The average molecular weight is 402 g/mol. The quantitative estimate of drug-likeness (QED) is 0.506. The van der Waals surface area contributed by atoms with Gasteiger partial charge in [-0.1, -0.05) is 19.4 Å². The normalized spacial score (nSPS) is 14.8. The first-order valence-electron chi connectivity index (χ1n) is 9.40. The highest BCUT2D eigenvalue weighted by Crippen LogP contribution is 2.41. The molecule has 1 unspecified atom stereocenters. The van der Waals surface area contributed by atoms with Crippen LogP contribution >= 0.6 is 0 Å². The van der Waals surface area contributed by atoms with Gasteiger partial charge in [-0.3, -0.25) is 14.4 Å². The van der Waals surface area contributed by atoms with Crippen molar-refractivity contribution in [3.63, 3.8) is 0 Å². The molecule has 0 saturated carbocycles. The van der Waals surface area contributed by atoms with Gasteiger partial charge in [0.25, 0.3) is 0 Å². The van der Waals surface area contributed by atoms with E-state index in [0.29, 0.717) is 6.42 Å². The number of carbonyl (C=O) groups excluding carboxylic acids is 3. The number of methoxy groups -OCH3 is 1. The molecular weight excluding hydrogens is 376 g/mol. The second-order valence-electron chi connectivity index (χ2n) is 7.36. The monoisotopic (exact) mass is 402 g/mol. The number of phenolic OH excluding ortho intramolecular Hbond substituents is 1. The summed E-state index contributed by atoms with van der Waals surface area (Å²) in [4.78, 5) is 36.8. The van der Waals surface area contributed by atoms with Gasteiger partial charge in [-0.05, 0) is 44.6 Å². The van der Waals surface area contributed by atoms with Gasteiger partial charge in [0.1, 0.15) is 17.6 Å². The number of ketones is 2. The van der Waals surface area contributed by atoms with Gasteiger partial charge < -0.3 is 19.7 Å². The standard InChI is InChI=1S/C22H26O7/c1-5-6-7-18(25)29-16(10-11-22(2,3)27)13-12-17(28-4)19-14(23)8-9-15(24)20(19)21(13)26/h8-12,16,26-27H,5-7H2,1-4H3/b11-10+. The lowest BCUT2D eigenvalue weighted by Gasteiger charge is -2.22. The molecule has 1 aromatic rings. The predicted molar refractivity (Wildman–Crippen MR) is 106 cm³/mol. The molecule has 0 aromatic heterocycles. The molecule has 0 aliphatic heterocycles. The summed E-state index contributed by atoms with van der Waals surface area (Å²) in [7, 11) is 1.33. The van der Waals surface area contributed by atoms with E-state index in [1.165, 1.54) is 25.3 Å². The molecule has 7 nitrogen and oxygen atoms in total. The highest BCUT2D eigenvalue weighted by atomic mass is 16.5. The summed E-state index contributed by atoms with van der Waals surface area (Å²) in [6, 6.07) is 1.37. The van der Waals surface area contributed by atoms with Gasteiger partial charge in [0, 0.05) is 12.0 Å². The maximum Gasteiger partial charge on any atom is 0.306 e. The molecule has 1 aliphatic rings. The Bertz CT molecular complexity index is 872. The first-order valence-corrected chi connectivity index (χ1v) is 9.40. The van der Waals surface area contributed by atoms with Crippen LogP contribution in [-0.4, -0.2) is 40.5 Å². The smallest absolute Gasteiger partial charge is 0.306 e. The lowest BCUT2D eigenvalue weighted by atomic mass is 9.89. The Hall–Kier alpha value is -2.93. The van der Waals surface area contributed by atoms with Crippen molar-refractivity contribution in [3.8, 4) is 11.5 Å². The third-order valence-electron chi connectivity index (χ3n) is 4.37. The molecule has 0 bridgehead atoms. The van der Waals surface area contributed by atoms with Gasteiger partial charge in [0.05, 0.1) is 23.8 Å². The summed E-state index contributed by atoms with van der Waals surface area (Å²) in [5.41, 5.74) is -1.35. The van der Waals surface area contributed by atoms with Crippen molar-refractivity contribution in [1.29, 1.82) is 0 Å². The first-order chi connectivity index (χ1) is 13.6. The minimum absolute atomic E-state index is 0.0382. The molecule has 1 atom stereocenters. The molecule has 0 fully saturated rings. The van der Waals surface area contributed by atoms with E-state index >= 15 is 0 Å². The number of hydrogen-bond acceptors (Lipinski definition) is 7. The van der Waals surface area contributed by atoms with Gasteiger partial charge in [-0.15, -0.1) is 0 Å². The van der Waals surface area contributed by atoms with Crippen LogP contribution in [0.4, 0.5) is 0 Å². The zero-order valence-corrected chi connectivity index (χ0v) is 17.0. The molecule has 1 aliphatic carbocycles. The van der Waals surface area contributed by atoms with Gasteiger partial charge in [-0.25, -0.2) is 0 Å². The molecule has 7 heteroatoms. The summed E-state index contributed by atoms with van der Waals surface area (Å²) in [6.07, 6.45) is 5.58. The zero-order valence-electron chi connectivity index (χ0n) is 17.0. The Balaban J connectivity index is 2.59. The third kappa shape index (κ3) is 5.32. The first kappa shape index (κ1) is 22.4. The van der Waals surface area contributed by atoms with Crippen molar-refractivity contribution in [2.75, 3.05) is 7.11 Å². The molecular formula is C22H26O7. The fourth-order valence-electron chi connectivity index (χ4n) is 2.90. The summed E-state index contributed by atoms with van der Waals surface area (Å²) in [5.74, 6) is -1.89. The molecule has 0 saturated heterocycles. The summed E-state index contributed by atoms with van der Waals surface area (Å²) < 4.78 is 10.8. The number of ether oxygens (including phenoxy) is 2.